The molecule has 41 heavy (non-hydrogen) atoms. The van der Waals surface area contributed by atoms with Crippen molar-refractivity contribution in [2.75, 3.05) is 10.6 Å². The second-order valence-electron chi connectivity index (χ2n) is 8.82. The molecule has 2 amide bonds. The van der Waals surface area contributed by atoms with Crippen LogP contribution in [0.2, 0.25) is 10.0 Å². The van der Waals surface area contributed by atoms with Crippen LogP contribution in [0.15, 0.2) is 119 Å². The van der Waals surface area contributed by atoms with Crippen LogP contribution in [0.5, 0.6) is 0 Å². The Bertz CT molecular complexity index is 1670. The van der Waals surface area contributed by atoms with Crippen LogP contribution in [0.1, 0.15) is 16.4 Å². The highest BCUT2D eigenvalue weighted by atomic mass is 35.5. The topological polar surface area (TPSA) is 71.1 Å². The first kappa shape index (κ1) is 28.6. The molecule has 0 bridgehead atoms. The smallest absolute Gasteiger partial charge is 0.248 e. The van der Waals surface area contributed by atoms with Crippen molar-refractivity contribution in [3.63, 3.8) is 0 Å². The van der Waals surface area contributed by atoms with E-state index in [4.69, 9.17) is 23.2 Å². The Morgan fingerprint density at radius 2 is 1.54 bits per heavy atom. The third-order valence-electron chi connectivity index (χ3n) is 5.89. The molecular formula is C32H23Cl2N3O2S2. The van der Waals surface area contributed by atoms with Gasteiger partial charge in [-0.25, -0.2) is 4.98 Å². The number of thiazole rings is 1. The van der Waals surface area contributed by atoms with Crippen molar-refractivity contribution in [1.29, 1.82) is 0 Å². The summed E-state index contributed by atoms with van der Waals surface area (Å²) in [4.78, 5) is 31.3. The Kier molecular flexibility index (Phi) is 9.54. The molecule has 0 saturated heterocycles. The average molecular weight is 617 g/mol. The lowest BCUT2D eigenvalue weighted by molar-refractivity contribution is -0.116. The van der Waals surface area contributed by atoms with Crippen molar-refractivity contribution in [1.82, 2.24) is 4.98 Å². The lowest BCUT2D eigenvalue weighted by Crippen LogP contribution is -2.19. The zero-order chi connectivity index (χ0) is 28.6. The highest BCUT2D eigenvalue weighted by Crippen LogP contribution is 2.37. The molecule has 4 aromatic carbocycles. The minimum Gasteiger partial charge on any atom is -0.323 e. The third kappa shape index (κ3) is 7.86. The van der Waals surface area contributed by atoms with Gasteiger partial charge < -0.3 is 10.6 Å². The van der Waals surface area contributed by atoms with Gasteiger partial charge in [0.15, 0.2) is 5.13 Å². The van der Waals surface area contributed by atoms with E-state index in [1.807, 2.05) is 96.4 Å². The molecule has 9 heteroatoms. The van der Waals surface area contributed by atoms with Gasteiger partial charge in [0.25, 0.3) is 0 Å². The number of nitrogens with zero attached hydrogens (tertiary/aromatic N) is 1. The summed E-state index contributed by atoms with van der Waals surface area (Å²) in [5.41, 5.74) is 3.98. The fraction of sp³-hybridized carbons (Fsp3) is 0.0312. The Labute approximate surface area is 256 Å². The molecule has 0 aliphatic carbocycles. The lowest BCUT2D eigenvalue weighted by Gasteiger charge is -2.16. The number of benzene rings is 4. The molecule has 5 rings (SSSR count). The minimum atomic E-state index is -0.525. The van der Waals surface area contributed by atoms with E-state index in [9.17, 15) is 9.59 Å². The van der Waals surface area contributed by atoms with E-state index in [2.05, 4.69) is 15.6 Å². The minimum absolute atomic E-state index is 0.195. The van der Waals surface area contributed by atoms with Crippen molar-refractivity contribution >= 4 is 75.0 Å². The number of rotatable bonds is 9. The molecule has 0 saturated carbocycles. The predicted octanol–water partition coefficient (Wildman–Crippen LogP) is 9.24. The number of anilines is 2. The van der Waals surface area contributed by atoms with Gasteiger partial charge in [-0.2, -0.15) is 0 Å². The van der Waals surface area contributed by atoms with Crippen molar-refractivity contribution in [3.05, 3.63) is 136 Å². The second-order valence-corrected chi connectivity index (χ2v) is 11.7. The summed E-state index contributed by atoms with van der Waals surface area (Å²) in [5, 5.41) is 8.57. The molecule has 0 spiro atoms. The van der Waals surface area contributed by atoms with E-state index in [0.717, 1.165) is 21.6 Å². The van der Waals surface area contributed by atoms with Gasteiger partial charge in [0.1, 0.15) is 5.25 Å². The van der Waals surface area contributed by atoms with Crippen LogP contribution < -0.4 is 10.6 Å². The first-order chi connectivity index (χ1) is 19.9. The largest absolute Gasteiger partial charge is 0.323 e. The van der Waals surface area contributed by atoms with E-state index in [0.29, 0.717) is 26.6 Å². The molecule has 2 N–H and O–H groups in total. The van der Waals surface area contributed by atoms with Crippen molar-refractivity contribution < 1.29 is 9.59 Å². The molecule has 204 valence electrons. The zero-order valence-electron chi connectivity index (χ0n) is 21.5. The van der Waals surface area contributed by atoms with Crippen LogP contribution in [0.4, 0.5) is 10.8 Å². The summed E-state index contributed by atoms with van der Waals surface area (Å²) in [5.74, 6) is -0.417. The Hall–Kier alpha value is -3.88. The van der Waals surface area contributed by atoms with Crippen molar-refractivity contribution in [2.24, 2.45) is 0 Å². The predicted molar refractivity (Wildman–Crippen MR) is 172 cm³/mol. The number of amides is 2. The molecule has 1 aromatic heterocycles. The van der Waals surface area contributed by atoms with E-state index in [1.165, 1.54) is 29.2 Å². The first-order valence-corrected chi connectivity index (χ1v) is 15.0. The van der Waals surface area contributed by atoms with Gasteiger partial charge in [0, 0.05) is 27.6 Å². The molecule has 1 atom stereocenters. The summed E-state index contributed by atoms with van der Waals surface area (Å²) in [6, 6.07) is 31.9. The monoisotopic (exact) mass is 615 g/mol. The molecule has 0 radical (unpaired) electrons. The SMILES string of the molecule is O=C(/C=C/c1ccccc1)Nc1ccc(SC(C(=O)Nc2nc(-c3ccc(Cl)c(Cl)c3)cs2)c2ccccc2)cc1. The number of hydrogen-bond donors (Lipinski definition) is 2. The van der Waals surface area contributed by atoms with Crippen LogP contribution in [0.3, 0.4) is 0 Å². The van der Waals surface area contributed by atoms with Gasteiger partial charge >= 0.3 is 0 Å². The van der Waals surface area contributed by atoms with Crippen LogP contribution in [-0.2, 0) is 9.59 Å². The number of carbonyl (C=O) groups is 2. The maximum atomic E-state index is 13.5. The number of aromatic nitrogens is 1. The lowest BCUT2D eigenvalue weighted by atomic mass is 10.1. The van der Waals surface area contributed by atoms with Gasteiger partial charge in [0.05, 0.1) is 15.7 Å². The molecule has 5 nitrogen and oxygen atoms in total. The zero-order valence-corrected chi connectivity index (χ0v) is 24.6. The van der Waals surface area contributed by atoms with E-state index in [-0.39, 0.29) is 11.8 Å². The average Bonchev–Trinajstić information content (AvgIpc) is 3.46. The maximum Gasteiger partial charge on any atom is 0.248 e. The molecule has 0 aliphatic rings. The van der Waals surface area contributed by atoms with E-state index < -0.39 is 5.25 Å². The fourth-order valence-electron chi connectivity index (χ4n) is 3.86. The van der Waals surface area contributed by atoms with Crippen molar-refractivity contribution in [3.8, 4) is 11.3 Å². The van der Waals surface area contributed by atoms with Gasteiger partial charge in [-0.3, -0.25) is 9.59 Å². The highest BCUT2D eigenvalue weighted by molar-refractivity contribution is 8.00. The summed E-state index contributed by atoms with van der Waals surface area (Å²) in [6.07, 6.45) is 3.26. The molecule has 0 aliphatic heterocycles. The third-order valence-corrected chi connectivity index (χ3v) is 8.66. The Morgan fingerprint density at radius 3 is 2.24 bits per heavy atom. The highest BCUT2D eigenvalue weighted by Gasteiger charge is 2.23. The van der Waals surface area contributed by atoms with Gasteiger partial charge in [-0.05, 0) is 53.6 Å². The molecule has 0 fully saturated rings. The number of halogens is 2. The quantitative estimate of drug-likeness (QED) is 0.128. The van der Waals surface area contributed by atoms with Crippen LogP contribution in [0.25, 0.3) is 17.3 Å². The van der Waals surface area contributed by atoms with Crippen LogP contribution >= 0.6 is 46.3 Å². The Morgan fingerprint density at radius 1 is 0.829 bits per heavy atom. The molecular weight excluding hydrogens is 593 g/mol. The Balaban J connectivity index is 1.26. The van der Waals surface area contributed by atoms with Crippen molar-refractivity contribution in [2.45, 2.75) is 10.1 Å². The summed E-state index contributed by atoms with van der Waals surface area (Å²) in [6.45, 7) is 0. The van der Waals surface area contributed by atoms with Crippen LogP contribution in [-0.4, -0.2) is 16.8 Å². The molecule has 1 heterocycles. The summed E-state index contributed by atoms with van der Waals surface area (Å²) in [7, 11) is 0. The molecule has 5 aromatic rings. The second kappa shape index (κ2) is 13.7. The van der Waals surface area contributed by atoms with E-state index in [1.54, 1.807) is 18.2 Å². The number of thioether (sulfide) groups is 1. The normalized spacial score (nSPS) is 11.8. The number of hydrogen-bond acceptors (Lipinski definition) is 5. The van der Waals surface area contributed by atoms with Gasteiger partial charge in [0.2, 0.25) is 11.8 Å². The number of nitrogens with one attached hydrogen (secondary N) is 2. The van der Waals surface area contributed by atoms with E-state index >= 15 is 0 Å². The van der Waals surface area contributed by atoms with Gasteiger partial charge in [-0.15, -0.1) is 23.1 Å². The van der Waals surface area contributed by atoms with Crippen LogP contribution in [0, 0.1) is 0 Å². The van der Waals surface area contributed by atoms with Gasteiger partial charge in [-0.1, -0.05) is 89.9 Å². The maximum absolute atomic E-state index is 13.5. The molecule has 1 unspecified atom stereocenters. The fourth-order valence-corrected chi connectivity index (χ4v) is 5.91. The first-order valence-electron chi connectivity index (χ1n) is 12.5. The summed E-state index contributed by atoms with van der Waals surface area (Å²) < 4.78 is 0. The summed E-state index contributed by atoms with van der Waals surface area (Å²) >= 11 is 15.0. The standard InChI is InChI=1S/C32H23Cl2N3O2S2/c33-26-17-12-23(19-27(26)34)28-20-40-32(36-28)37-31(39)30(22-9-5-2-6-10-22)41-25-15-13-24(14-16-25)35-29(38)18-11-21-7-3-1-4-8-21/h1-20,30H,(H,35,38)(H,36,37,39)/b18-11+. The number of carbonyl (C=O) groups excluding carboxylic acids is 2.